The minimum Gasteiger partial charge on any atom is -0.383 e. The van der Waals surface area contributed by atoms with Gasteiger partial charge in [0.05, 0.1) is 12.9 Å². The van der Waals surface area contributed by atoms with Gasteiger partial charge in [0.1, 0.15) is 6.54 Å². The van der Waals surface area contributed by atoms with E-state index in [0.29, 0.717) is 25.3 Å². The number of hydrogen-bond acceptors (Lipinski definition) is 5. The summed E-state index contributed by atoms with van der Waals surface area (Å²) < 4.78 is 8.88. The Kier molecular flexibility index (Phi) is 5.74. The van der Waals surface area contributed by atoms with Crippen molar-refractivity contribution in [3.8, 4) is 0 Å². The smallest absolute Gasteiger partial charge is 0.332 e. The van der Waals surface area contributed by atoms with E-state index in [4.69, 9.17) is 4.74 Å². The molecule has 0 saturated heterocycles. The summed E-state index contributed by atoms with van der Waals surface area (Å²) in [5.41, 5.74) is 0.422. The molecule has 148 valence electrons. The van der Waals surface area contributed by atoms with Gasteiger partial charge in [0.15, 0.2) is 11.2 Å². The van der Waals surface area contributed by atoms with Crippen LogP contribution < -0.4 is 11.2 Å². The van der Waals surface area contributed by atoms with Crippen LogP contribution >= 0.6 is 0 Å². The molecule has 0 unspecified atom stereocenters. The Morgan fingerprint density at radius 2 is 1.89 bits per heavy atom. The molecule has 0 saturated carbocycles. The highest BCUT2D eigenvalue weighted by atomic mass is 16.5. The van der Waals surface area contributed by atoms with Crippen molar-refractivity contribution in [1.29, 1.82) is 0 Å². The molecule has 28 heavy (non-hydrogen) atoms. The predicted octanol–water partition coefficient (Wildman–Crippen LogP) is 0.109. The fourth-order valence-electron chi connectivity index (χ4n) is 3.07. The highest BCUT2D eigenvalue weighted by Gasteiger charge is 2.20. The average molecular weight is 385 g/mol. The summed E-state index contributed by atoms with van der Waals surface area (Å²) in [5, 5.41) is 0. The van der Waals surface area contributed by atoms with Gasteiger partial charge in [-0.25, -0.2) is 14.3 Å². The molecule has 0 spiro atoms. The molecule has 0 fully saturated rings. The van der Waals surface area contributed by atoms with Crippen molar-refractivity contribution in [3.63, 3.8) is 0 Å². The van der Waals surface area contributed by atoms with Crippen LogP contribution in [0.25, 0.3) is 11.2 Å². The van der Waals surface area contributed by atoms with Crippen molar-refractivity contribution in [2.45, 2.75) is 13.1 Å². The minimum atomic E-state index is -0.573. The molecule has 0 atom stereocenters. The first-order valence-electron chi connectivity index (χ1n) is 8.85. The maximum atomic E-state index is 12.9. The molecular formula is C19H23N5O4. The maximum Gasteiger partial charge on any atom is 0.332 e. The normalized spacial score (nSPS) is 11.1. The summed E-state index contributed by atoms with van der Waals surface area (Å²) in [5.74, 6) is -0.332. The molecule has 0 aliphatic rings. The SMILES string of the molecule is COCCN(Cc1ccccc1)C(=O)Cn1c(=O)c2c(ncn2C)n(C)c1=O. The molecular weight excluding hydrogens is 362 g/mol. The van der Waals surface area contributed by atoms with E-state index < -0.39 is 11.2 Å². The lowest BCUT2D eigenvalue weighted by Crippen LogP contribution is -2.45. The van der Waals surface area contributed by atoms with Gasteiger partial charge in [-0.2, -0.15) is 0 Å². The zero-order chi connectivity index (χ0) is 20.3. The third-order valence-electron chi connectivity index (χ3n) is 4.63. The van der Waals surface area contributed by atoms with E-state index in [-0.39, 0.29) is 18.0 Å². The molecule has 0 bridgehead atoms. The van der Waals surface area contributed by atoms with Gasteiger partial charge >= 0.3 is 5.69 Å². The zero-order valence-electron chi connectivity index (χ0n) is 16.2. The first-order chi connectivity index (χ1) is 13.4. The molecule has 2 aromatic heterocycles. The number of aromatic nitrogens is 4. The molecule has 1 aromatic carbocycles. The van der Waals surface area contributed by atoms with E-state index in [1.54, 1.807) is 23.6 Å². The number of aryl methyl sites for hydroxylation is 2. The molecule has 0 aliphatic heterocycles. The molecule has 1 amide bonds. The van der Waals surface area contributed by atoms with Crippen molar-refractivity contribution in [3.05, 3.63) is 63.1 Å². The summed E-state index contributed by atoms with van der Waals surface area (Å²) in [7, 11) is 4.76. The predicted molar refractivity (Wildman–Crippen MR) is 104 cm³/mol. The monoisotopic (exact) mass is 385 g/mol. The van der Waals surface area contributed by atoms with Gasteiger partial charge in [0.2, 0.25) is 5.91 Å². The van der Waals surface area contributed by atoms with Gasteiger partial charge in [-0.1, -0.05) is 30.3 Å². The summed E-state index contributed by atoms with van der Waals surface area (Å²) in [6.45, 7) is 0.731. The largest absolute Gasteiger partial charge is 0.383 e. The van der Waals surface area contributed by atoms with Gasteiger partial charge in [-0.05, 0) is 5.56 Å². The molecule has 3 aromatic rings. The Labute approximate surface area is 161 Å². The zero-order valence-corrected chi connectivity index (χ0v) is 16.2. The van der Waals surface area contributed by atoms with Crippen molar-refractivity contribution in [1.82, 2.24) is 23.6 Å². The van der Waals surface area contributed by atoms with Crippen LogP contribution in [0.1, 0.15) is 5.56 Å². The lowest BCUT2D eigenvalue weighted by atomic mass is 10.2. The third kappa shape index (κ3) is 3.74. The van der Waals surface area contributed by atoms with Gasteiger partial charge in [-0.15, -0.1) is 0 Å². The van der Waals surface area contributed by atoms with Gasteiger partial charge < -0.3 is 14.2 Å². The molecule has 0 radical (unpaired) electrons. The topological polar surface area (TPSA) is 91.4 Å². The summed E-state index contributed by atoms with van der Waals surface area (Å²) in [4.78, 5) is 44.0. The number of amides is 1. The average Bonchev–Trinajstić information content (AvgIpc) is 3.09. The molecule has 9 nitrogen and oxygen atoms in total. The van der Waals surface area contributed by atoms with Crippen molar-refractivity contribution in [2.75, 3.05) is 20.3 Å². The van der Waals surface area contributed by atoms with Crippen LogP contribution in [0.5, 0.6) is 0 Å². The lowest BCUT2D eigenvalue weighted by molar-refractivity contribution is -0.133. The highest BCUT2D eigenvalue weighted by molar-refractivity contribution is 5.77. The van der Waals surface area contributed by atoms with Crippen LogP contribution in [0.3, 0.4) is 0 Å². The first-order valence-corrected chi connectivity index (χ1v) is 8.85. The summed E-state index contributed by atoms with van der Waals surface area (Å²) in [6.07, 6.45) is 1.47. The Morgan fingerprint density at radius 1 is 1.18 bits per heavy atom. The van der Waals surface area contributed by atoms with Crippen molar-refractivity contribution >= 4 is 17.1 Å². The molecule has 0 N–H and O–H groups in total. The number of rotatable bonds is 7. The molecule has 9 heteroatoms. The molecule has 3 rings (SSSR count). The fraction of sp³-hybridized carbons (Fsp3) is 0.368. The molecule has 2 heterocycles. The maximum absolute atomic E-state index is 12.9. The Balaban J connectivity index is 1.94. The number of carbonyl (C=O) groups is 1. The second-order valence-corrected chi connectivity index (χ2v) is 6.55. The Hall–Kier alpha value is -3.20. The van der Waals surface area contributed by atoms with E-state index in [2.05, 4.69) is 4.98 Å². The first kappa shape index (κ1) is 19.6. The standard InChI is InChI=1S/C19H23N5O4/c1-21-13-20-17-16(21)18(26)24(19(27)22(17)2)12-15(25)23(9-10-28-3)11-14-7-5-4-6-8-14/h4-8,13H,9-12H2,1-3H3. The van der Waals surface area contributed by atoms with Crippen LogP contribution in [-0.4, -0.2) is 49.8 Å². The lowest BCUT2D eigenvalue weighted by Gasteiger charge is -2.23. The van der Waals surface area contributed by atoms with E-state index in [1.807, 2.05) is 30.3 Å². The van der Waals surface area contributed by atoms with Gasteiger partial charge in [-0.3, -0.25) is 14.2 Å². The van der Waals surface area contributed by atoms with Crippen LogP contribution in [0.15, 0.2) is 46.2 Å². The summed E-state index contributed by atoms with van der Waals surface area (Å²) >= 11 is 0. The van der Waals surface area contributed by atoms with E-state index >= 15 is 0 Å². The second kappa shape index (κ2) is 8.22. The quantitative estimate of drug-likeness (QED) is 0.576. The van der Waals surface area contributed by atoms with Crippen molar-refractivity contribution in [2.24, 2.45) is 14.1 Å². The van der Waals surface area contributed by atoms with E-state index in [0.717, 1.165) is 10.1 Å². The third-order valence-corrected chi connectivity index (χ3v) is 4.63. The summed E-state index contributed by atoms with van der Waals surface area (Å²) in [6, 6.07) is 9.52. The van der Waals surface area contributed by atoms with Crippen LogP contribution in [-0.2, 0) is 36.7 Å². The number of hydrogen-bond donors (Lipinski definition) is 0. The van der Waals surface area contributed by atoms with E-state index in [9.17, 15) is 14.4 Å². The number of imidazole rings is 1. The van der Waals surface area contributed by atoms with Gasteiger partial charge in [0.25, 0.3) is 5.56 Å². The van der Waals surface area contributed by atoms with E-state index in [1.165, 1.54) is 17.9 Å². The molecule has 0 aliphatic carbocycles. The number of fused-ring (bicyclic) bond motifs is 1. The second-order valence-electron chi connectivity index (χ2n) is 6.55. The number of nitrogens with zero attached hydrogens (tertiary/aromatic N) is 5. The van der Waals surface area contributed by atoms with Crippen LogP contribution in [0.4, 0.5) is 0 Å². The van der Waals surface area contributed by atoms with Gasteiger partial charge in [0, 0.05) is 34.3 Å². The van der Waals surface area contributed by atoms with Crippen LogP contribution in [0, 0.1) is 0 Å². The Bertz CT molecular complexity index is 1100. The number of carbonyl (C=O) groups excluding carboxylic acids is 1. The van der Waals surface area contributed by atoms with Crippen LogP contribution in [0.2, 0.25) is 0 Å². The minimum absolute atomic E-state index is 0.279. The number of ether oxygens (including phenoxy) is 1. The highest BCUT2D eigenvalue weighted by Crippen LogP contribution is 2.06. The number of methoxy groups -OCH3 is 1. The fourth-order valence-corrected chi connectivity index (χ4v) is 3.07. The van der Waals surface area contributed by atoms with Crippen molar-refractivity contribution < 1.29 is 9.53 Å². The Morgan fingerprint density at radius 3 is 2.57 bits per heavy atom. The number of benzene rings is 1.